The van der Waals surface area contributed by atoms with Crippen LogP contribution in [0.4, 0.5) is 0 Å². The van der Waals surface area contributed by atoms with E-state index in [1.54, 1.807) is 17.0 Å². The summed E-state index contributed by atoms with van der Waals surface area (Å²) in [6, 6.07) is 17.5. The van der Waals surface area contributed by atoms with Crippen molar-refractivity contribution < 1.29 is 9.59 Å². The monoisotopic (exact) mass is 307 g/mol. The van der Waals surface area contributed by atoms with Crippen molar-refractivity contribution in [2.75, 3.05) is 6.54 Å². The van der Waals surface area contributed by atoms with Gasteiger partial charge in [-0.2, -0.15) is 0 Å². The van der Waals surface area contributed by atoms with Gasteiger partial charge in [-0.3, -0.25) is 9.59 Å². The number of likely N-dealkylation sites (tertiary alicyclic amines) is 1. The van der Waals surface area contributed by atoms with Crippen LogP contribution < -0.4 is 0 Å². The molecule has 3 heteroatoms. The van der Waals surface area contributed by atoms with E-state index < -0.39 is 5.78 Å². The number of carbonyl (C=O) groups excluding carboxylic acids is 2. The summed E-state index contributed by atoms with van der Waals surface area (Å²) in [5.74, 6) is -0.766. The summed E-state index contributed by atoms with van der Waals surface area (Å²) in [6.07, 6.45) is 2.74. The minimum Gasteiger partial charge on any atom is -0.332 e. The molecule has 0 N–H and O–H groups in total. The summed E-state index contributed by atoms with van der Waals surface area (Å²) in [5.41, 5.74) is 2.77. The van der Waals surface area contributed by atoms with Gasteiger partial charge in [0.25, 0.3) is 5.91 Å². The Balaban J connectivity index is 1.72. The molecule has 1 amide bonds. The fourth-order valence-electron chi connectivity index (χ4n) is 3.16. The van der Waals surface area contributed by atoms with Gasteiger partial charge in [0.05, 0.1) is 0 Å². The van der Waals surface area contributed by atoms with Crippen LogP contribution in [-0.4, -0.2) is 29.2 Å². The van der Waals surface area contributed by atoms with E-state index in [-0.39, 0.29) is 11.9 Å². The highest BCUT2D eigenvalue weighted by Crippen LogP contribution is 2.22. The first-order valence-electron chi connectivity index (χ1n) is 8.11. The first-order valence-corrected chi connectivity index (χ1v) is 8.11. The number of carbonyl (C=O) groups is 2. The van der Waals surface area contributed by atoms with Gasteiger partial charge in [-0.25, -0.2) is 0 Å². The van der Waals surface area contributed by atoms with Crippen LogP contribution in [0.3, 0.4) is 0 Å². The normalized spacial score (nSPS) is 17.3. The zero-order chi connectivity index (χ0) is 16.2. The third-order valence-corrected chi connectivity index (χ3v) is 4.46. The Morgan fingerprint density at radius 1 is 1.04 bits per heavy atom. The molecule has 0 spiro atoms. The lowest BCUT2D eigenvalue weighted by Gasteiger charge is -2.24. The Morgan fingerprint density at radius 3 is 2.43 bits per heavy atom. The van der Waals surface area contributed by atoms with Crippen LogP contribution in [0, 0.1) is 6.92 Å². The molecule has 3 nitrogen and oxygen atoms in total. The predicted molar refractivity (Wildman–Crippen MR) is 90.4 cm³/mol. The van der Waals surface area contributed by atoms with Gasteiger partial charge in [0.15, 0.2) is 0 Å². The van der Waals surface area contributed by atoms with E-state index in [2.05, 4.69) is 12.1 Å². The van der Waals surface area contributed by atoms with Crippen molar-refractivity contribution in [3.63, 3.8) is 0 Å². The van der Waals surface area contributed by atoms with Crippen LogP contribution in [0.5, 0.6) is 0 Å². The molecule has 1 aliphatic heterocycles. The lowest BCUT2D eigenvalue weighted by molar-refractivity contribution is -0.127. The largest absolute Gasteiger partial charge is 0.332 e. The summed E-state index contributed by atoms with van der Waals surface area (Å²) in [4.78, 5) is 26.8. The molecule has 0 aliphatic carbocycles. The molecule has 1 unspecified atom stereocenters. The van der Waals surface area contributed by atoms with E-state index >= 15 is 0 Å². The SMILES string of the molecule is Cc1ccc(C(=O)C(=O)N2CCCC2Cc2ccccc2)cc1. The number of nitrogens with zero attached hydrogens (tertiary/aromatic N) is 1. The highest BCUT2D eigenvalue weighted by Gasteiger charge is 2.32. The van der Waals surface area contributed by atoms with E-state index in [9.17, 15) is 9.59 Å². The Labute approximate surface area is 136 Å². The molecule has 1 saturated heterocycles. The van der Waals surface area contributed by atoms with Crippen molar-refractivity contribution in [2.24, 2.45) is 0 Å². The molecule has 1 aliphatic rings. The molecule has 0 aromatic heterocycles. The van der Waals surface area contributed by atoms with Crippen LogP contribution in [0.2, 0.25) is 0 Å². The number of aryl methyl sites for hydroxylation is 1. The van der Waals surface area contributed by atoms with E-state index in [4.69, 9.17) is 0 Å². The van der Waals surface area contributed by atoms with Gasteiger partial charge >= 0.3 is 0 Å². The topological polar surface area (TPSA) is 37.4 Å². The average Bonchev–Trinajstić information content (AvgIpc) is 3.03. The summed E-state index contributed by atoms with van der Waals surface area (Å²) in [5, 5.41) is 0. The molecule has 1 fully saturated rings. The Morgan fingerprint density at radius 2 is 1.74 bits per heavy atom. The molecular weight excluding hydrogens is 286 g/mol. The fourth-order valence-corrected chi connectivity index (χ4v) is 3.16. The number of hydrogen-bond donors (Lipinski definition) is 0. The molecular formula is C20H21NO2. The second-order valence-electron chi connectivity index (χ2n) is 6.18. The van der Waals surface area contributed by atoms with Gasteiger partial charge in [-0.05, 0) is 31.7 Å². The van der Waals surface area contributed by atoms with E-state index in [0.29, 0.717) is 12.1 Å². The Kier molecular flexibility index (Phi) is 4.56. The van der Waals surface area contributed by atoms with E-state index in [1.165, 1.54) is 5.56 Å². The molecule has 2 aromatic carbocycles. The number of hydrogen-bond acceptors (Lipinski definition) is 2. The van der Waals surface area contributed by atoms with Crippen LogP contribution >= 0.6 is 0 Å². The maximum atomic E-state index is 12.6. The lowest BCUT2D eigenvalue weighted by Crippen LogP contribution is -2.41. The predicted octanol–water partition coefficient (Wildman–Crippen LogP) is 3.41. The Bertz CT molecular complexity index is 691. The van der Waals surface area contributed by atoms with Crippen LogP contribution in [-0.2, 0) is 11.2 Å². The summed E-state index contributed by atoms with van der Waals surface area (Å²) in [6.45, 7) is 2.64. The number of ketones is 1. The molecule has 118 valence electrons. The summed E-state index contributed by atoms with van der Waals surface area (Å²) >= 11 is 0. The second kappa shape index (κ2) is 6.78. The molecule has 3 rings (SSSR count). The van der Waals surface area contributed by atoms with E-state index in [0.717, 1.165) is 24.8 Å². The van der Waals surface area contributed by atoms with Crippen LogP contribution in [0.25, 0.3) is 0 Å². The standard InChI is InChI=1S/C20H21NO2/c1-15-9-11-17(12-10-15)19(22)20(23)21-13-5-8-18(21)14-16-6-3-2-4-7-16/h2-4,6-7,9-12,18H,5,8,13-14H2,1H3. The van der Waals surface area contributed by atoms with Gasteiger partial charge in [-0.15, -0.1) is 0 Å². The third-order valence-electron chi connectivity index (χ3n) is 4.46. The number of Topliss-reactive ketones (excluding diaryl/α,β-unsaturated/α-hetero) is 1. The van der Waals surface area contributed by atoms with Gasteiger partial charge < -0.3 is 4.90 Å². The maximum Gasteiger partial charge on any atom is 0.295 e. The minimum absolute atomic E-state index is 0.124. The second-order valence-corrected chi connectivity index (χ2v) is 6.18. The molecule has 23 heavy (non-hydrogen) atoms. The third kappa shape index (κ3) is 3.50. The van der Waals surface area contributed by atoms with Crippen molar-refractivity contribution in [3.05, 3.63) is 71.3 Å². The molecule has 1 atom stereocenters. The molecule has 0 radical (unpaired) electrons. The minimum atomic E-state index is -0.398. The lowest BCUT2D eigenvalue weighted by atomic mass is 10.0. The highest BCUT2D eigenvalue weighted by molar-refractivity contribution is 6.42. The van der Waals surface area contributed by atoms with Gasteiger partial charge in [-0.1, -0.05) is 60.2 Å². The van der Waals surface area contributed by atoms with Gasteiger partial charge in [0, 0.05) is 18.2 Å². The molecule has 2 aromatic rings. The smallest absolute Gasteiger partial charge is 0.295 e. The maximum absolute atomic E-state index is 12.6. The molecule has 1 heterocycles. The average molecular weight is 307 g/mol. The molecule has 0 saturated carbocycles. The summed E-state index contributed by atoms with van der Waals surface area (Å²) in [7, 11) is 0. The Hall–Kier alpha value is -2.42. The van der Waals surface area contributed by atoms with Gasteiger partial charge in [0.2, 0.25) is 5.78 Å². The number of amides is 1. The summed E-state index contributed by atoms with van der Waals surface area (Å²) < 4.78 is 0. The first kappa shape index (κ1) is 15.5. The highest BCUT2D eigenvalue weighted by atomic mass is 16.2. The van der Waals surface area contributed by atoms with Crippen molar-refractivity contribution in [1.82, 2.24) is 4.90 Å². The first-order chi connectivity index (χ1) is 11.1. The zero-order valence-electron chi connectivity index (χ0n) is 13.4. The van der Waals surface area contributed by atoms with Crippen molar-refractivity contribution in [1.29, 1.82) is 0 Å². The van der Waals surface area contributed by atoms with Crippen molar-refractivity contribution in [2.45, 2.75) is 32.2 Å². The number of benzene rings is 2. The van der Waals surface area contributed by atoms with Gasteiger partial charge in [0.1, 0.15) is 0 Å². The van der Waals surface area contributed by atoms with Crippen LogP contribution in [0.15, 0.2) is 54.6 Å². The van der Waals surface area contributed by atoms with Crippen molar-refractivity contribution in [3.8, 4) is 0 Å². The van der Waals surface area contributed by atoms with Crippen LogP contribution in [0.1, 0.15) is 34.3 Å². The fraction of sp³-hybridized carbons (Fsp3) is 0.300. The quantitative estimate of drug-likeness (QED) is 0.641. The molecule has 0 bridgehead atoms. The number of rotatable bonds is 4. The zero-order valence-corrected chi connectivity index (χ0v) is 13.4. The van der Waals surface area contributed by atoms with Crippen molar-refractivity contribution >= 4 is 11.7 Å². The van der Waals surface area contributed by atoms with E-state index in [1.807, 2.05) is 37.3 Å².